The number of aryl methyl sites for hydroxylation is 1. The first-order valence-electron chi connectivity index (χ1n) is 11.4. The van der Waals surface area contributed by atoms with Crippen LogP contribution >= 0.6 is 0 Å². The molecule has 34 heavy (non-hydrogen) atoms. The number of piperazine rings is 1. The number of halogens is 1. The molecule has 2 aliphatic heterocycles. The molecular formula is C25H30FN5O3. The number of hydrazone groups is 1. The molecule has 2 aromatic rings. The third kappa shape index (κ3) is 5.53. The van der Waals surface area contributed by atoms with Gasteiger partial charge in [-0.15, -0.1) is 0 Å². The lowest BCUT2D eigenvalue weighted by atomic mass is 9.99. The van der Waals surface area contributed by atoms with Crippen LogP contribution in [0.25, 0.3) is 11.1 Å². The number of carbonyl (C=O) groups excluding carboxylic acids is 2. The van der Waals surface area contributed by atoms with Gasteiger partial charge in [0, 0.05) is 38.7 Å². The van der Waals surface area contributed by atoms with E-state index in [9.17, 15) is 9.59 Å². The molecule has 0 bridgehead atoms. The highest BCUT2D eigenvalue weighted by molar-refractivity contribution is 5.90. The van der Waals surface area contributed by atoms with Crippen molar-refractivity contribution in [3.8, 4) is 11.1 Å². The van der Waals surface area contributed by atoms with Gasteiger partial charge in [-0.3, -0.25) is 14.7 Å². The van der Waals surface area contributed by atoms with Crippen LogP contribution in [0.5, 0.6) is 0 Å². The van der Waals surface area contributed by atoms with Crippen LogP contribution in [0.4, 0.5) is 14.9 Å². The monoisotopic (exact) mass is 467 g/mol. The van der Waals surface area contributed by atoms with Crippen LogP contribution in [0.2, 0.25) is 0 Å². The zero-order valence-electron chi connectivity index (χ0n) is 19.8. The van der Waals surface area contributed by atoms with Crippen molar-refractivity contribution in [3.63, 3.8) is 0 Å². The van der Waals surface area contributed by atoms with E-state index in [1.165, 1.54) is 17.9 Å². The molecule has 2 saturated heterocycles. The maximum absolute atomic E-state index is 15.0. The lowest BCUT2D eigenvalue weighted by Gasteiger charge is -2.30. The molecule has 4 rings (SSSR count). The van der Waals surface area contributed by atoms with Gasteiger partial charge >= 0.3 is 6.09 Å². The summed E-state index contributed by atoms with van der Waals surface area (Å²) in [6.45, 7) is 7.65. The van der Waals surface area contributed by atoms with Gasteiger partial charge in [0.25, 0.3) is 0 Å². The molecule has 2 fully saturated rings. The third-order valence-electron chi connectivity index (χ3n) is 6.14. The largest absolute Gasteiger partial charge is 0.442 e. The van der Waals surface area contributed by atoms with Gasteiger partial charge in [0.15, 0.2) is 0 Å². The van der Waals surface area contributed by atoms with E-state index in [1.807, 2.05) is 31.3 Å². The molecule has 1 atom stereocenters. The highest BCUT2D eigenvalue weighted by Gasteiger charge is 2.32. The fourth-order valence-electron chi connectivity index (χ4n) is 4.05. The molecule has 2 amide bonds. The maximum Gasteiger partial charge on any atom is 0.414 e. The minimum absolute atomic E-state index is 0.197. The summed E-state index contributed by atoms with van der Waals surface area (Å²) in [7, 11) is 2.11. The summed E-state index contributed by atoms with van der Waals surface area (Å²) in [5.74, 6) is -0.620. The van der Waals surface area contributed by atoms with E-state index in [4.69, 9.17) is 4.74 Å². The van der Waals surface area contributed by atoms with Gasteiger partial charge in [-0.05, 0) is 48.9 Å². The van der Waals surface area contributed by atoms with E-state index in [2.05, 4.69) is 27.4 Å². The molecule has 180 valence electrons. The smallest absolute Gasteiger partial charge is 0.414 e. The molecule has 0 spiro atoms. The lowest BCUT2D eigenvalue weighted by Crippen LogP contribution is -2.41. The van der Waals surface area contributed by atoms with E-state index in [0.717, 1.165) is 42.9 Å². The minimum atomic E-state index is -0.553. The van der Waals surface area contributed by atoms with Crippen molar-refractivity contribution >= 4 is 23.9 Å². The predicted octanol–water partition coefficient (Wildman–Crippen LogP) is 2.84. The van der Waals surface area contributed by atoms with Crippen LogP contribution in [0.1, 0.15) is 18.1 Å². The summed E-state index contributed by atoms with van der Waals surface area (Å²) in [6, 6.07) is 10.5. The fourth-order valence-corrected chi connectivity index (χ4v) is 4.05. The van der Waals surface area contributed by atoms with Crippen molar-refractivity contribution in [2.45, 2.75) is 20.0 Å². The average Bonchev–Trinajstić information content (AvgIpc) is 3.18. The van der Waals surface area contributed by atoms with E-state index in [1.54, 1.807) is 12.1 Å². The van der Waals surface area contributed by atoms with Crippen LogP contribution in [0, 0.1) is 12.7 Å². The van der Waals surface area contributed by atoms with Gasteiger partial charge in [-0.1, -0.05) is 18.2 Å². The number of nitrogens with zero attached hydrogens (tertiary/aromatic N) is 4. The van der Waals surface area contributed by atoms with Crippen LogP contribution in [-0.2, 0) is 9.53 Å². The Balaban J connectivity index is 1.45. The summed E-state index contributed by atoms with van der Waals surface area (Å²) >= 11 is 0. The summed E-state index contributed by atoms with van der Waals surface area (Å²) in [5, 5.41) is 9.29. The zero-order valence-corrected chi connectivity index (χ0v) is 19.8. The Morgan fingerprint density at radius 3 is 2.65 bits per heavy atom. The van der Waals surface area contributed by atoms with Crippen molar-refractivity contribution in [1.82, 2.24) is 15.2 Å². The fraction of sp³-hybridized carbons (Fsp3) is 0.400. The second-order valence-electron chi connectivity index (χ2n) is 8.79. The second kappa shape index (κ2) is 10.2. The van der Waals surface area contributed by atoms with Crippen LogP contribution in [0.3, 0.4) is 0 Å². The Labute approximate surface area is 199 Å². The van der Waals surface area contributed by atoms with Gasteiger partial charge in [-0.25, -0.2) is 9.18 Å². The van der Waals surface area contributed by atoms with E-state index >= 15 is 4.39 Å². The molecular weight excluding hydrogens is 437 g/mol. The Hall–Kier alpha value is -3.46. The molecule has 2 aromatic carbocycles. The number of nitrogens with one attached hydrogen (secondary N) is 1. The van der Waals surface area contributed by atoms with Crippen molar-refractivity contribution in [3.05, 3.63) is 53.3 Å². The minimum Gasteiger partial charge on any atom is -0.442 e. The number of ether oxygens (including phenoxy) is 1. The molecule has 0 radical (unpaired) electrons. The van der Waals surface area contributed by atoms with Gasteiger partial charge in [0.2, 0.25) is 5.91 Å². The number of amides is 2. The first-order chi connectivity index (χ1) is 16.3. The normalized spacial score (nSPS) is 19.1. The molecule has 0 aliphatic carbocycles. The lowest BCUT2D eigenvalue weighted by molar-refractivity contribution is -0.119. The van der Waals surface area contributed by atoms with Gasteiger partial charge in [-0.2, -0.15) is 5.10 Å². The molecule has 0 unspecified atom stereocenters. The van der Waals surface area contributed by atoms with Crippen LogP contribution in [-0.4, -0.2) is 80.5 Å². The van der Waals surface area contributed by atoms with Crippen LogP contribution in [0.15, 0.2) is 41.5 Å². The average molecular weight is 468 g/mol. The maximum atomic E-state index is 15.0. The number of rotatable bonds is 6. The predicted molar refractivity (Wildman–Crippen MR) is 130 cm³/mol. The van der Waals surface area contributed by atoms with Crippen molar-refractivity contribution < 1.29 is 18.7 Å². The standard InChI is InChI=1S/C25H30FN5O3/c1-17-12-19(4-5-20(17)14-28-30-10-8-29(3)9-11-30)23-7-6-21(13-24(23)26)31-16-22(34-25(31)33)15-27-18(2)32/h4-7,12-14,22H,8-11,15-16H2,1-3H3,(H,27,32)/b28-14+/t22-/m0/s1. The topological polar surface area (TPSA) is 77.5 Å². The number of anilines is 1. The number of hydrogen-bond donors (Lipinski definition) is 1. The van der Waals surface area contributed by atoms with Gasteiger partial charge < -0.3 is 15.0 Å². The molecule has 2 aliphatic rings. The molecule has 9 heteroatoms. The third-order valence-corrected chi connectivity index (χ3v) is 6.14. The van der Waals surface area contributed by atoms with Gasteiger partial charge in [0.05, 0.1) is 25.0 Å². The molecule has 0 aromatic heterocycles. The van der Waals surface area contributed by atoms with Gasteiger partial charge in [0.1, 0.15) is 11.9 Å². The summed E-state index contributed by atoms with van der Waals surface area (Å²) in [4.78, 5) is 27.0. The second-order valence-corrected chi connectivity index (χ2v) is 8.79. The van der Waals surface area contributed by atoms with E-state index in [-0.39, 0.29) is 19.0 Å². The number of carbonyl (C=O) groups is 2. The highest BCUT2D eigenvalue weighted by atomic mass is 19.1. The highest BCUT2D eigenvalue weighted by Crippen LogP contribution is 2.30. The Morgan fingerprint density at radius 2 is 1.97 bits per heavy atom. The SMILES string of the molecule is CC(=O)NC[C@H]1CN(c2ccc(-c3ccc(/C=N/N4CCN(C)CC4)c(C)c3)c(F)c2)C(=O)O1. The number of benzene rings is 2. The summed E-state index contributed by atoms with van der Waals surface area (Å²) < 4.78 is 20.3. The first-order valence-corrected chi connectivity index (χ1v) is 11.4. The number of cyclic esters (lactones) is 1. The molecule has 8 nitrogen and oxygen atoms in total. The Morgan fingerprint density at radius 1 is 1.21 bits per heavy atom. The Bertz CT molecular complexity index is 1100. The molecule has 0 saturated carbocycles. The molecule has 2 heterocycles. The summed E-state index contributed by atoms with van der Waals surface area (Å²) in [5.41, 5.74) is 3.62. The Kier molecular flexibility index (Phi) is 7.12. The van der Waals surface area contributed by atoms with Crippen molar-refractivity contribution in [1.29, 1.82) is 0 Å². The zero-order chi connectivity index (χ0) is 24.2. The van der Waals surface area contributed by atoms with Crippen molar-refractivity contribution in [2.24, 2.45) is 5.10 Å². The van der Waals surface area contributed by atoms with Crippen molar-refractivity contribution in [2.75, 3.05) is 51.2 Å². The van der Waals surface area contributed by atoms with Crippen LogP contribution < -0.4 is 10.2 Å². The van der Waals surface area contributed by atoms with E-state index < -0.39 is 18.0 Å². The quantitative estimate of drug-likeness (QED) is 0.661. The summed E-state index contributed by atoms with van der Waals surface area (Å²) in [6.07, 6.45) is 0.837. The van der Waals surface area contributed by atoms with E-state index in [0.29, 0.717) is 11.3 Å². The molecule has 1 N–H and O–H groups in total. The first kappa shape index (κ1) is 23.7. The number of likely N-dealkylation sites (N-methyl/N-ethyl adjacent to an activating group) is 1. The number of hydrogen-bond acceptors (Lipinski definition) is 6.